The topological polar surface area (TPSA) is 96.5 Å². The van der Waals surface area contributed by atoms with Crippen molar-refractivity contribution in [1.29, 1.82) is 0 Å². The molecule has 0 aliphatic carbocycles. The number of ether oxygens (including phenoxy) is 1. The second-order valence-corrected chi connectivity index (χ2v) is 4.95. The molecule has 0 radical (unpaired) electrons. The summed E-state index contributed by atoms with van der Waals surface area (Å²) >= 11 is 0. The van der Waals surface area contributed by atoms with Crippen LogP contribution in [0.15, 0.2) is 36.3 Å². The van der Waals surface area contributed by atoms with Crippen molar-refractivity contribution < 1.29 is 19.1 Å². The third-order valence-corrected chi connectivity index (χ3v) is 3.11. The van der Waals surface area contributed by atoms with Crippen LogP contribution < -0.4 is 16.0 Å². The van der Waals surface area contributed by atoms with Crippen LogP contribution in [0.4, 0.5) is 0 Å². The lowest BCUT2D eigenvalue weighted by molar-refractivity contribution is -0.137. The molecule has 3 N–H and O–H groups in total. The summed E-state index contributed by atoms with van der Waals surface area (Å²) in [5.74, 6) is -1.60. The number of esters is 1. The van der Waals surface area contributed by atoms with Gasteiger partial charge in [-0.05, 0) is 12.8 Å². The standard InChI is InChI=1S/C16H25N3O4/c1-7-10(3)9-17-13(8-2)15(21)18-11(4)14(20)19-12(5)16(22)23-6/h8,10,17H,4-5,7,9H2,1-3,6H3,(H,18,21)(H,19,20)/b13-8-/t10-/m1/s1. The van der Waals surface area contributed by atoms with Gasteiger partial charge in [0.15, 0.2) is 0 Å². The van der Waals surface area contributed by atoms with Crippen molar-refractivity contribution in [1.82, 2.24) is 16.0 Å². The van der Waals surface area contributed by atoms with E-state index in [-0.39, 0.29) is 11.4 Å². The molecule has 0 saturated heterocycles. The average Bonchev–Trinajstić information content (AvgIpc) is 2.53. The van der Waals surface area contributed by atoms with Crippen LogP contribution in [0.25, 0.3) is 0 Å². The molecule has 0 aromatic carbocycles. The number of carbonyl (C=O) groups is 3. The van der Waals surface area contributed by atoms with Crippen LogP contribution in [0.1, 0.15) is 27.2 Å². The van der Waals surface area contributed by atoms with Gasteiger partial charge in [-0.3, -0.25) is 9.59 Å². The molecule has 0 spiro atoms. The Morgan fingerprint density at radius 3 is 2.17 bits per heavy atom. The highest BCUT2D eigenvalue weighted by Gasteiger charge is 2.17. The number of rotatable bonds is 9. The van der Waals surface area contributed by atoms with E-state index in [0.717, 1.165) is 13.5 Å². The van der Waals surface area contributed by atoms with E-state index in [4.69, 9.17) is 0 Å². The maximum Gasteiger partial charge on any atom is 0.353 e. The predicted molar refractivity (Wildman–Crippen MR) is 87.8 cm³/mol. The second-order valence-electron chi connectivity index (χ2n) is 4.95. The molecular formula is C16H25N3O4. The zero-order valence-electron chi connectivity index (χ0n) is 14.1. The van der Waals surface area contributed by atoms with Gasteiger partial charge in [-0.2, -0.15) is 0 Å². The zero-order valence-corrected chi connectivity index (χ0v) is 14.1. The monoisotopic (exact) mass is 323 g/mol. The van der Waals surface area contributed by atoms with Crippen molar-refractivity contribution in [3.63, 3.8) is 0 Å². The molecule has 0 aliphatic heterocycles. The van der Waals surface area contributed by atoms with Gasteiger partial charge in [-0.1, -0.05) is 39.5 Å². The van der Waals surface area contributed by atoms with Crippen molar-refractivity contribution in [3.05, 3.63) is 36.3 Å². The number of carbonyl (C=O) groups excluding carboxylic acids is 3. The highest BCUT2D eigenvalue weighted by molar-refractivity contribution is 6.04. The molecule has 2 amide bonds. The van der Waals surface area contributed by atoms with Gasteiger partial charge in [0.2, 0.25) is 0 Å². The van der Waals surface area contributed by atoms with Gasteiger partial charge in [0.05, 0.1) is 18.5 Å². The van der Waals surface area contributed by atoms with Crippen LogP contribution in [0.2, 0.25) is 0 Å². The smallest absolute Gasteiger partial charge is 0.353 e. The maximum atomic E-state index is 12.1. The van der Waals surface area contributed by atoms with Crippen molar-refractivity contribution in [2.75, 3.05) is 13.7 Å². The molecule has 128 valence electrons. The van der Waals surface area contributed by atoms with E-state index in [1.807, 2.05) is 0 Å². The fourth-order valence-electron chi connectivity index (χ4n) is 1.39. The Labute approximate surface area is 136 Å². The number of allylic oxidation sites excluding steroid dienone is 1. The van der Waals surface area contributed by atoms with E-state index >= 15 is 0 Å². The summed E-state index contributed by atoms with van der Waals surface area (Å²) in [4.78, 5) is 35.0. The Morgan fingerprint density at radius 2 is 1.70 bits per heavy atom. The minimum Gasteiger partial charge on any atom is -0.464 e. The lowest BCUT2D eigenvalue weighted by Crippen LogP contribution is -2.38. The molecular weight excluding hydrogens is 298 g/mol. The molecule has 0 fully saturated rings. The normalized spacial score (nSPS) is 11.9. The second kappa shape index (κ2) is 10.2. The van der Waals surface area contributed by atoms with Crippen LogP contribution in [0.3, 0.4) is 0 Å². The fourth-order valence-corrected chi connectivity index (χ4v) is 1.39. The number of hydrogen-bond donors (Lipinski definition) is 3. The van der Waals surface area contributed by atoms with Crippen LogP contribution in [-0.2, 0) is 19.1 Å². The molecule has 7 nitrogen and oxygen atoms in total. The average molecular weight is 323 g/mol. The summed E-state index contributed by atoms with van der Waals surface area (Å²) in [6.45, 7) is 13.3. The lowest BCUT2D eigenvalue weighted by Gasteiger charge is -2.15. The summed E-state index contributed by atoms with van der Waals surface area (Å²) in [6.07, 6.45) is 2.59. The summed E-state index contributed by atoms with van der Waals surface area (Å²) in [5.41, 5.74) is -0.107. The minimum absolute atomic E-state index is 0.204. The summed E-state index contributed by atoms with van der Waals surface area (Å²) < 4.78 is 4.40. The lowest BCUT2D eigenvalue weighted by atomic mass is 10.1. The highest BCUT2D eigenvalue weighted by atomic mass is 16.5. The maximum absolute atomic E-state index is 12.1. The van der Waals surface area contributed by atoms with E-state index in [2.05, 4.69) is 47.7 Å². The first-order chi connectivity index (χ1) is 10.8. The largest absolute Gasteiger partial charge is 0.464 e. The van der Waals surface area contributed by atoms with Crippen molar-refractivity contribution in [3.8, 4) is 0 Å². The van der Waals surface area contributed by atoms with E-state index in [0.29, 0.717) is 18.2 Å². The van der Waals surface area contributed by atoms with E-state index in [1.54, 1.807) is 13.0 Å². The quantitative estimate of drug-likeness (QED) is 0.434. The summed E-state index contributed by atoms with van der Waals surface area (Å²) in [5, 5.41) is 7.57. The molecule has 0 rings (SSSR count). The van der Waals surface area contributed by atoms with Crippen LogP contribution >= 0.6 is 0 Å². The van der Waals surface area contributed by atoms with Gasteiger partial charge in [0.25, 0.3) is 11.8 Å². The van der Waals surface area contributed by atoms with Crippen LogP contribution in [0, 0.1) is 5.92 Å². The Hall–Kier alpha value is -2.57. The molecule has 0 aliphatic rings. The number of methoxy groups -OCH3 is 1. The number of nitrogens with one attached hydrogen (secondary N) is 3. The van der Waals surface area contributed by atoms with Crippen molar-refractivity contribution >= 4 is 17.8 Å². The molecule has 0 unspecified atom stereocenters. The van der Waals surface area contributed by atoms with Gasteiger partial charge < -0.3 is 20.7 Å². The van der Waals surface area contributed by atoms with Gasteiger partial charge in [0.1, 0.15) is 5.70 Å². The summed E-state index contributed by atoms with van der Waals surface area (Å²) in [6, 6.07) is 0. The molecule has 23 heavy (non-hydrogen) atoms. The molecule has 0 aromatic rings. The Morgan fingerprint density at radius 1 is 1.13 bits per heavy atom. The highest BCUT2D eigenvalue weighted by Crippen LogP contribution is 2.01. The minimum atomic E-state index is -0.776. The van der Waals surface area contributed by atoms with Gasteiger partial charge in [-0.15, -0.1) is 0 Å². The van der Waals surface area contributed by atoms with Gasteiger partial charge >= 0.3 is 5.97 Å². The Balaban J connectivity index is 4.57. The molecule has 7 heteroatoms. The first-order valence-electron chi connectivity index (χ1n) is 7.25. The van der Waals surface area contributed by atoms with Gasteiger partial charge in [-0.25, -0.2) is 4.79 Å². The fraction of sp³-hybridized carbons (Fsp3) is 0.438. The Bertz CT molecular complexity index is 523. The Kier molecular flexibility index (Phi) is 9.07. The molecule has 0 aromatic heterocycles. The van der Waals surface area contributed by atoms with Crippen molar-refractivity contribution in [2.45, 2.75) is 27.2 Å². The third-order valence-electron chi connectivity index (χ3n) is 3.11. The first-order valence-corrected chi connectivity index (χ1v) is 7.25. The number of hydrogen-bond acceptors (Lipinski definition) is 5. The van der Waals surface area contributed by atoms with E-state index in [9.17, 15) is 14.4 Å². The van der Waals surface area contributed by atoms with E-state index in [1.165, 1.54) is 0 Å². The predicted octanol–water partition coefficient (Wildman–Crippen LogP) is 0.959. The van der Waals surface area contributed by atoms with E-state index < -0.39 is 17.8 Å². The number of amides is 2. The van der Waals surface area contributed by atoms with Crippen LogP contribution in [-0.4, -0.2) is 31.4 Å². The molecule has 0 heterocycles. The summed E-state index contributed by atoms with van der Waals surface area (Å²) in [7, 11) is 1.16. The van der Waals surface area contributed by atoms with Gasteiger partial charge in [0, 0.05) is 6.54 Å². The first kappa shape index (κ1) is 20.4. The zero-order chi connectivity index (χ0) is 18.0. The molecule has 1 atom stereocenters. The SMILES string of the molecule is C=C(NC(=O)/C(=C/C)NC[C@H](C)CC)C(=O)NC(=C)C(=O)OC. The van der Waals surface area contributed by atoms with Crippen molar-refractivity contribution in [2.24, 2.45) is 5.92 Å². The molecule has 0 saturated carbocycles. The third kappa shape index (κ3) is 7.30. The van der Waals surface area contributed by atoms with Crippen LogP contribution in [0.5, 0.6) is 0 Å². The molecule has 0 bridgehead atoms.